The van der Waals surface area contributed by atoms with E-state index in [0.717, 1.165) is 12.5 Å². The zero-order valence-corrected chi connectivity index (χ0v) is 14.3. The third-order valence-electron chi connectivity index (χ3n) is 2.84. The van der Waals surface area contributed by atoms with Gasteiger partial charge in [0.2, 0.25) is 0 Å². The molecule has 0 bridgehead atoms. The first kappa shape index (κ1) is 19.3. The van der Waals surface area contributed by atoms with E-state index in [1.165, 1.54) is 0 Å². The molecule has 6 heteroatoms. The Balaban J connectivity index is 4.30. The zero-order chi connectivity index (χ0) is 15.6. The molecule has 0 saturated heterocycles. The van der Waals surface area contributed by atoms with E-state index >= 15 is 0 Å². The number of hydrogen-bond acceptors (Lipinski definition) is 5. The van der Waals surface area contributed by atoms with E-state index in [1.807, 2.05) is 6.92 Å². The van der Waals surface area contributed by atoms with Crippen molar-refractivity contribution < 1.29 is 22.8 Å². The minimum Gasteiger partial charge on any atom is -0.463 e. The Morgan fingerprint density at radius 2 is 1.85 bits per heavy atom. The summed E-state index contributed by atoms with van der Waals surface area (Å²) in [6.07, 6.45) is 2.82. The quantitative estimate of drug-likeness (QED) is 0.254. The highest BCUT2D eigenvalue weighted by Crippen LogP contribution is 2.21. The van der Waals surface area contributed by atoms with E-state index in [2.05, 4.69) is 20.4 Å². The van der Waals surface area contributed by atoms with Gasteiger partial charge in [-0.05, 0) is 25.7 Å². The minimum absolute atomic E-state index is 0.0808. The van der Waals surface area contributed by atoms with Gasteiger partial charge in [-0.25, -0.2) is 4.79 Å². The first-order valence-electron chi connectivity index (χ1n) is 6.96. The average Bonchev–Trinajstić information content (AvgIpc) is 2.41. The fourth-order valence-electron chi connectivity index (χ4n) is 1.98. The molecule has 0 fully saturated rings. The SMILES string of the molecule is C=CC(=O)OCCC[Si](OC)(OC)OC(C)CC(C)C. The minimum atomic E-state index is -2.67. The fourth-order valence-corrected chi connectivity index (χ4v) is 4.15. The molecule has 0 heterocycles. The summed E-state index contributed by atoms with van der Waals surface area (Å²) < 4.78 is 22.0. The predicted molar refractivity (Wildman–Crippen MR) is 80.4 cm³/mol. The molecule has 118 valence electrons. The molecule has 0 aliphatic rings. The number of ether oxygens (including phenoxy) is 1. The molecule has 0 aromatic heterocycles. The van der Waals surface area contributed by atoms with Crippen molar-refractivity contribution in [2.45, 2.75) is 45.8 Å². The van der Waals surface area contributed by atoms with Gasteiger partial charge in [0.25, 0.3) is 0 Å². The third-order valence-corrected chi connectivity index (χ3v) is 5.82. The van der Waals surface area contributed by atoms with E-state index in [-0.39, 0.29) is 6.10 Å². The molecule has 0 spiro atoms. The summed E-state index contributed by atoms with van der Waals surface area (Å²) >= 11 is 0. The Kier molecular flexibility index (Phi) is 9.74. The fraction of sp³-hybridized carbons (Fsp3) is 0.786. The highest BCUT2D eigenvalue weighted by molar-refractivity contribution is 6.60. The lowest BCUT2D eigenvalue weighted by Gasteiger charge is -2.30. The Morgan fingerprint density at radius 3 is 2.30 bits per heavy atom. The van der Waals surface area contributed by atoms with Crippen molar-refractivity contribution in [1.29, 1.82) is 0 Å². The van der Waals surface area contributed by atoms with Gasteiger partial charge in [-0.15, -0.1) is 0 Å². The molecule has 0 N–H and O–H groups in total. The monoisotopic (exact) mass is 304 g/mol. The van der Waals surface area contributed by atoms with Crippen molar-refractivity contribution in [2.24, 2.45) is 5.92 Å². The Bertz CT molecular complexity index is 289. The Hall–Kier alpha value is -0.693. The van der Waals surface area contributed by atoms with Gasteiger partial charge >= 0.3 is 14.8 Å². The first-order chi connectivity index (χ1) is 9.39. The Morgan fingerprint density at radius 1 is 1.25 bits per heavy atom. The maximum atomic E-state index is 11.0. The molecule has 0 aromatic carbocycles. The molecular formula is C14H28O5Si. The average molecular weight is 304 g/mol. The molecule has 1 unspecified atom stereocenters. The Labute approximate surface area is 123 Å². The molecule has 20 heavy (non-hydrogen) atoms. The van der Waals surface area contributed by atoms with Gasteiger partial charge in [0.15, 0.2) is 0 Å². The van der Waals surface area contributed by atoms with Crippen LogP contribution in [0, 0.1) is 5.92 Å². The van der Waals surface area contributed by atoms with Crippen molar-refractivity contribution in [3.63, 3.8) is 0 Å². The molecule has 0 amide bonds. The second kappa shape index (κ2) is 10.1. The van der Waals surface area contributed by atoms with Crippen LogP contribution >= 0.6 is 0 Å². The van der Waals surface area contributed by atoms with E-state index < -0.39 is 14.8 Å². The van der Waals surface area contributed by atoms with Crippen LogP contribution in [0.15, 0.2) is 12.7 Å². The molecule has 0 aromatic rings. The third kappa shape index (κ3) is 7.79. The molecule has 5 nitrogen and oxygen atoms in total. The summed E-state index contributed by atoms with van der Waals surface area (Å²) in [4.78, 5) is 11.0. The standard InChI is InChI=1S/C14H28O5Si/c1-7-14(15)18-9-8-10-20(16-5,17-6)19-13(4)11-12(2)3/h7,12-13H,1,8-11H2,2-6H3. The molecule has 0 saturated carbocycles. The van der Waals surface area contributed by atoms with Gasteiger partial charge in [0.05, 0.1) is 6.61 Å². The van der Waals surface area contributed by atoms with Crippen LogP contribution in [-0.4, -0.2) is 41.7 Å². The van der Waals surface area contributed by atoms with Crippen LogP contribution in [0.3, 0.4) is 0 Å². The molecule has 1 atom stereocenters. The van der Waals surface area contributed by atoms with Crippen LogP contribution < -0.4 is 0 Å². The van der Waals surface area contributed by atoms with Crippen molar-refractivity contribution in [1.82, 2.24) is 0 Å². The van der Waals surface area contributed by atoms with Crippen molar-refractivity contribution in [3.05, 3.63) is 12.7 Å². The number of carbonyl (C=O) groups is 1. The van der Waals surface area contributed by atoms with Gasteiger partial charge in [0, 0.05) is 32.4 Å². The second-order valence-electron chi connectivity index (χ2n) is 5.12. The van der Waals surface area contributed by atoms with Gasteiger partial charge in [-0.1, -0.05) is 20.4 Å². The molecule has 0 aliphatic heterocycles. The number of carbonyl (C=O) groups excluding carboxylic acids is 1. The van der Waals surface area contributed by atoms with Gasteiger partial charge in [-0.3, -0.25) is 0 Å². The summed E-state index contributed by atoms with van der Waals surface area (Å²) in [7, 11) is 0.537. The van der Waals surface area contributed by atoms with Crippen LogP contribution in [0.5, 0.6) is 0 Å². The van der Waals surface area contributed by atoms with Gasteiger partial charge in [-0.2, -0.15) is 0 Å². The van der Waals surface area contributed by atoms with E-state index in [4.69, 9.17) is 18.0 Å². The van der Waals surface area contributed by atoms with Gasteiger partial charge in [0.1, 0.15) is 0 Å². The van der Waals surface area contributed by atoms with E-state index in [1.54, 1.807) is 14.2 Å². The largest absolute Gasteiger partial charge is 0.500 e. The topological polar surface area (TPSA) is 54.0 Å². The summed E-state index contributed by atoms with van der Waals surface area (Å²) in [5.41, 5.74) is 0. The van der Waals surface area contributed by atoms with E-state index in [0.29, 0.717) is 25.0 Å². The van der Waals surface area contributed by atoms with Crippen molar-refractivity contribution >= 4 is 14.8 Å². The summed E-state index contributed by atoms with van der Waals surface area (Å²) in [5.74, 6) is 0.139. The normalized spacial score (nSPS) is 13.3. The maximum absolute atomic E-state index is 11.0. The lowest BCUT2D eigenvalue weighted by Crippen LogP contribution is -2.46. The lowest BCUT2D eigenvalue weighted by atomic mass is 10.1. The number of esters is 1. The van der Waals surface area contributed by atoms with E-state index in [9.17, 15) is 4.79 Å². The van der Waals surface area contributed by atoms with Crippen LogP contribution in [0.2, 0.25) is 6.04 Å². The lowest BCUT2D eigenvalue weighted by molar-refractivity contribution is -0.137. The van der Waals surface area contributed by atoms with Gasteiger partial charge < -0.3 is 18.0 Å². The van der Waals surface area contributed by atoms with Crippen molar-refractivity contribution in [2.75, 3.05) is 20.8 Å². The highest BCUT2D eigenvalue weighted by Gasteiger charge is 2.40. The van der Waals surface area contributed by atoms with Crippen LogP contribution in [-0.2, 0) is 22.8 Å². The predicted octanol–water partition coefficient (Wildman–Crippen LogP) is 2.79. The van der Waals surface area contributed by atoms with Crippen LogP contribution in [0.1, 0.15) is 33.6 Å². The molecular weight excluding hydrogens is 276 g/mol. The maximum Gasteiger partial charge on any atom is 0.500 e. The van der Waals surface area contributed by atoms with Crippen molar-refractivity contribution in [3.8, 4) is 0 Å². The summed E-state index contributed by atoms with van der Waals surface area (Å²) in [6.45, 7) is 9.99. The smallest absolute Gasteiger partial charge is 0.463 e. The summed E-state index contributed by atoms with van der Waals surface area (Å²) in [6, 6.07) is 0.618. The zero-order valence-electron chi connectivity index (χ0n) is 13.3. The van der Waals surface area contributed by atoms with Crippen LogP contribution in [0.4, 0.5) is 0 Å². The second-order valence-corrected chi connectivity index (χ2v) is 8.04. The number of rotatable bonds is 11. The number of hydrogen-bond donors (Lipinski definition) is 0. The van der Waals surface area contributed by atoms with Crippen LogP contribution in [0.25, 0.3) is 0 Å². The summed E-state index contributed by atoms with van der Waals surface area (Å²) in [5, 5.41) is 0. The molecule has 0 rings (SSSR count). The highest BCUT2D eigenvalue weighted by atomic mass is 28.4. The molecule has 0 radical (unpaired) electrons. The first-order valence-corrected chi connectivity index (χ1v) is 8.89. The molecule has 0 aliphatic carbocycles.